The number of benzene rings is 1. The summed E-state index contributed by atoms with van der Waals surface area (Å²) < 4.78 is 29.5. The third kappa shape index (κ3) is 4.26. The second-order valence-electron chi connectivity index (χ2n) is 5.60. The van der Waals surface area contributed by atoms with Gasteiger partial charge in [0.15, 0.2) is 0 Å². The quantitative estimate of drug-likeness (QED) is 0.838. The normalized spacial score (nSPS) is 22.1. The van der Waals surface area contributed by atoms with Crippen LogP contribution in [-0.2, 0) is 10.2 Å². The fourth-order valence-corrected chi connectivity index (χ4v) is 4.35. The lowest BCUT2D eigenvalue weighted by molar-refractivity contribution is 0.267. The fraction of sp³-hybridized carbons (Fsp3) is 0.600. The van der Waals surface area contributed by atoms with Crippen molar-refractivity contribution in [1.82, 2.24) is 9.03 Å². The van der Waals surface area contributed by atoms with Crippen molar-refractivity contribution in [3.63, 3.8) is 0 Å². The fourth-order valence-electron chi connectivity index (χ4n) is 2.76. The zero-order valence-corrected chi connectivity index (χ0v) is 13.3. The zero-order valence-electron chi connectivity index (χ0n) is 12.5. The number of nitrogens with one attached hydrogen (secondary N) is 1. The van der Waals surface area contributed by atoms with Crippen molar-refractivity contribution in [2.45, 2.75) is 32.2 Å². The lowest BCUT2D eigenvalue weighted by Crippen LogP contribution is -2.48. The Bertz CT molecular complexity index is 533. The summed E-state index contributed by atoms with van der Waals surface area (Å²) in [5.41, 5.74) is 6.68. The minimum atomic E-state index is -3.46. The van der Waals surface area contributed by atoms with Crippen molar-refractivity contribution in [1.29, 1.82) is 0 Å². The summed E-state index contributed by atoms with van der Waals surface area (Å²) >= 11 is 0. The number of rotatable bonds is 6. The zero-order chi connectivity index (χ0) is 15.3. The van der Waals surface area contributed by atoms with Gasteiger partial charge in [0.1, 0.15) is 0 Å². The Balaban J connectivity index is 2.08. The smallest absolute Gasteiger partial charge is 0.280 e. The summed E-state index contributed by atoms with van der Waals surface area (Å²) in [5.74, 6) is 0.270. The van der Waals surface area contributed by atoms with Crippen molar-refractivity contribution < 1.29 is 8.42 Å². The highest BCUT2D eigenvalue weighted by Gasteiger charge is 2.30. The second kappa shape index (κ2) is 7.35. The number of nitrogens with zero attached hydrogens (tertiary/aromatic N) is 1. The molecule has 0 aliphatic carbocycles. The molecule has 6 heteroatoms. The molecule has 3 N–H and O–H groups in total. The maximum atomic E-state index is 12.6. The van der Waals surface area contributed by atoms with E-state index in [1.165, 1.54) is 0 Å². The molecule has 0 radical (unpaired) electrons. The van der Waals surface area contributed by atoms with E-state index in [-0.39, 0.29) is 12.0 Å². The molecule has 1 heterocycles. The van der Waals surface area contributed by atoms with Gasteiger partial charge in [0.2, 0.25) is 0 Å². The van der Waals surface area contributed by atoms with Crippen LogP contribution in [0.15, 0.2) is 30.3 Å². The minimum Gasteiger partial charge on any atom is -0.330 e. The van der Waals surface area contributed by atoms with Crippen molar-refractivity contribution in [2.24, 2.45) is 11.7 Å². The molecule has 2 unspecified atom stereocenters. The van der Waals surface area contributed by atoms with E-state index in [1.807, 2.05) is 37.3 Å². The molecule has 118 valence electrons. The number of hydrogen-bond acceptors (Lipinski definition) is 3. The highest BCUT2D eigenvalue weighted by atomic mass is 32.2. The molecule has 1 saturated heterocycles. The Hall–Kier alpha value is -0.950. The van der Waals surface area contributed by atoms with E-state index in [9.17, 15) is 8.42 Å². The molecular formula is C15H25N3O2S. The third-order valence-corrected chi connectivity index (χ3v) is 5.65. The van der Waals surface area contributed by atoms with Crippen LogP contribution in [0.4, 0.5) is 0 Å². The van der Waals surface area contributed by atoms with Crippen LogP contribution in [0, 0.1) is 5.92 Å². The monoisotopic (exact) mass is 311 g/mol. The van der Waals surface area contributed by atoms with Gasteiger partial charge in [-0.2, -0.15) is 17.4 Å². The van der Waals surface area contributed by atoms with Crippen molar-refractivity contribution in [3.8, 4) is 0 Å². The summed E-state index contributed by atoms with van der Waals surface area (Å²) in [6.45, 7) is 3.63. The Morgan fingerprint density at radius 3 is 2.71 bits per heavy atom. The van der Waals surface area contributed by atoms with Crippen LogP contribution in [0.5, 0.6) is 0 Å². The summed E-state index contributed by atoms with van der Waals surface area (Å²) in [4.78, 5) is 0. The van der Waals surface area contributed by atoms with E-state index in [2.05, 4.69) is 4.72 Å². The first kappa shape index (κ1) is 16.4. The number of nitrogens with two attached hydrogens (primary N) is 1. The molecule has 0 saturated carbocycles. The molecule has 1 aromatic rings. The van der Waals surface area contributed by atoms with E-state index < -0.39 is 10.2 Å². The van der Waals surface area contributed by atoms with Crippen LogP contribution in [0.25, 0.3) is 0 Å². The van der Waals surface area contributed by atoms with Crippen LogP contribution in [0.2, 0.25) is 0 Å². The van der Waals surface area contributed by atoms with Crippen LogP contribution >= 0.6 is 0 Å². The molecule has 5 nitrogen and oxygen atoms in total. The summed E-state index contributed by atoms with van der Waals surface area (Å²) in [6, 6.07) is 9.51. The van der Waals surface area contributed by atoms with Crippen LogP contribution < -0.4 is 10.5 Å². The number of hydrogen-bond donors (Lipinski definition) is 2. The molecule has 1 fully saturated rings. The molecule has 21 heavy (non-hydrogen) atoms. The molecule has 1 aliphatic rings. The Morgan fingerprint density at radius 2 is 2.10 bits per heavy atom. The summed E-state index contributed by atoms with van der Waals surface area (Å²) in [7, 11) is -3.46. The summed E-state index contributed by atoms with van der Waals surface area (Å²) in [5, 5.41) is 0. The Kier molecular flexibility index (Phi) is 5.75. The SMILES string of the molecule is CCC(NS(=O)(=O)N1CCCC(CN)C1)c1ccccc1. The molecule has 1 aliphatic heterocycles. The second-order valence-corrected chi connectivity index (χ2v) is 7.30. The maximum Gasteiger partial charge on any atom is 0.280 e. The Morgan fingerprint density at radius 1 is 1.38 bits per heavy atom. The molecule has 2 atom stereocenters. The highest BCUT2D eigenvalue weighted by Crippen LogP contribution is 2.21. The molecule has 0 spiro atoms. The van der Waals surface area contributed by atoms with Gasteiger partial charge >= 0.3 is 0 Å². The van der Waals surface area contributed by atoms with Gasteiger partial charge in [-0.1, -0.05) is 37.3 Å². The van der Waals surface area contributed by atoms with E-state index >= 15 is 0 Å². The van der Waals surface area contributed by atoms with E-state index in [4.69, 9.17) is 5.73 Å². The summed E-state index contributed by atoms with van der Waals surface area (Å²) in [6.07, 6.45) is 2.61. The molecular weight excluding hydrogens is 286 g/mol. The maximum absolute atomic E-state index is 12.6. The van der Waals surface area contributed by atoms with E-state index in [0.717, 1.165) is 24.8 Å². The first-order valence-electron chi connectivity index (χ1n) is 7.59. The molecule has 0 aromatic heterocycles. The average molecular weight is 311 g/mol. The molecule has 0 amide bonds. The van der Waals surface area contributed by atoms with Crippen molar-refractivity contribution >= 4 is 10.2 Å². The standard InChI is InChI=1S/C15H25N3O2S/c1-2-15(14-8-4-3-5-9-14)17-21(19,20)18-10-6-7-13(11-16)12-18/h3-5,8-9,13,15,17H,2,6-7,10-12,16H2,1H3. The van der Waals surface area contributed by atoms with Gasteiger partial charge in [-0.15, -0.1) is 0 Å². The minimum absolute atomic E-state index is 0.186. The van der Waals surface area contributed by atoms with Gasteiger partial charge in [-0.3, -0.25) is 0 Å². The van der Waals surface area contributed by atoms with Crippen molar-refractivity contribution in [3.05, 3.63) is 35.9 Å². The topological polar surface area (TPSA) is 75.4 Å². The predicted molar refractivity (Wildman–Crippen MR) is 84.9 cm³/mol. The van der Waals surface area contributed by atoms with Crippen LogP contribution in [0.3, 0.4) is 0 Å². The lowest BCUT2D eigenvalue weighted by Gasteiger charge is -2.32. The largest absolute Gasteiger partial charge is 0.330 e. The van der Waals surface area contributed by atoms with Gasteiger partial charge in [-0.25, -0.2) is 0 Å². The first-order chi connectivity index (χ1) is 10.1. The van der Waals surface area contributed by atoms with Crippen molar-refractivity contribution in [2.75, 3.05) is 19.6 Å². The van der Waals surface area contributed by atoms with Gasteiger partial charge in [0.05, 0.1) is 0 Å². The number of piperidine rings is 1. The van der Waals surface area contributed by atoms with Gasteiger partial charge < -0.3 is 5.73 Å². The highest BCUT2D eigenvalue weighted by molar-refractivity contribution is 7.87. The average Bonchev–Trinajstić information content (AvgIpc) is 2.53. The molecule has 1 aromatic carbocycles. The van der Waals surface area contributed by atoms with E-state index in [1.54, 1.807) is 4.31 Å². The predicted octanol–water partition coefficient (Wildman–Crippen LogP) is 1.64. The third-order valence-electron chi connectivity index (χ3n) is 4.06. The van der Waals surface area contributed by atoms with Gasteiger partial charge in [-0.05, 0) is 37.3 Å². The van der Waals surface area contributed by atoms with Gasteiger partial charge in [0.25, 0.3) is 10.2 Å². The molecule has 2 rings (SSSR count). The first-order valence-corrected chi connectivity index (χ1v) is 9.03. The van der Waals surface area contributed by atoms with Gasteiger partial charge in [0, 0.05) is 19.1 Å². The lowest BCUT2D eigenvalue weighted by atomic mass is 10.0. The van der Waals surface area contributed by atoms with E-state index in [0.29, 0.717) is 19.6 Å². The van der Waals surface area contributed by atoms with Crippen LogP contribution in [0.1, 0.15) is 37.8 Å². The van der Waals surface area contributed by atoms with Crippen LogP contribution in [-0.4, -0.2) is 32.4 Å². The Labute approximate surface area is 127 Å². The molecule has 0 bridgehead atoms.